The number of ether oxygens (including phenoxy) is 1. The lowest BCUT2D eigenvalue weighted by molar-refractivity contribution is 0.204. The van der Waals surface area contributed by atoms with Crippen LogP contribution in [0.15, 0.2) is 22.6 Å². The summed E-state index contributed by atoms with van der Waals surface area (Å²) in [6, 6.07) is 3.96. The molecular weight excluding hydrogens is 230 g/mol. The van der Waals surface area contributed by atoms with Crippen LogP contribution >= 0.6 is 23.6 Å². The molecule has 0 bridgehead atoms. The fourth-order valence-electron chi connectivity index (χ4n) is 0.825. The van der Waals surface area contributed by atoms with E-state index in [9.17, 15) is 0 Å². The van der Waals surface area contributed by atoms with E-state index >= 15 is 0 Å². The first kappa shape index (κ1) is 12.1. The Kier molecular flexibility index (Phi) is 5.91. The zero-order chi connectivity index (χ0) is 10.9. The highest BCUT2D eigenvalue weighted by atomic mass is 32.1. The Hall–Kier alpha value is -0.980. The van der Waals surface area contributed by atoms with Crippen LogP contribution in [0.2, 0.25) is 0 Å². The lowest BCUT2D eigenvalue weighted by Gasteiger charge is -2.04. The average molecular weight is 243 g/mol. The van der Waals surface area contributed by atoms with Gasteiger partial charge in [-0.2, -0.15) is 5.10 Å². The van der Waals surface area contributed by atoms with Gasteiger partial charge in [-0.1, -0.05) is 6.07 Å². The highest BCUT2D eigenvalue weighted by molar-refractivity contribution is 7.80. The minimum atomic E-state index is 0.500. The third kappa shape index (κ3) is 5.46. The van der Waals surface area contributed by atoms with Crippen molar-refractivity contribution >= 4 is 34.9 Å². The van der Waals surface area contributed by atoms with Gasteiger partial charge in [-0.3, -0.25) is 5.43 Å². The van der Waals surface area contributed by atoms with Crippen LogP contribution in [0.1, 0.15) is 4.88 Å². The van der Waals surface area contributed by atoms with E-state index in [0.29, 0.717) is 18.3 Å². The van der Waals surface area contributed by atoms with Crippen LogP contribution in [-0.4, -0.2) is 31.6 Å². The molecule has 0 amide bonds. The first-order chi connectivity index (χ1) is 7.33. The maximum absolute atomic E-state index is 4.97. The van der Waals surface area contributed by atoms with E-state index in [1.54, 1.807) is 24.7 Å². The Balaban J connectivity index is 2.16. The highest BCUT2D eigenvalue weighted by Crippen LogP contribution is 2.03. The van der Waals surface area contributed by atoms with Crippen LogP contribution in [-0.2, 0) is 4.74 Å². The number of nitrogens with one attached hydrogen (secondary N) is 2. The van der Waals surface area contributed by atoms with Gasteiger partial charge >= 0.3 is 0 Å². The molecule has 1 rings (SSSR count). The summed E-state index contributed by atoms with van der Waals surface area (Å²) in [5.74, 6) is 0. The van der Waals surface area contributed by atoms with Crippen molar-refractivity contribution in [3.05, 3.63) is 22.4 Å². The SMILES string of the molecule is COCCNC(=S)N/N=C/c1cccs1. The molecule has 0 fully saturated rings. The van der Waals surface area contributed by atoms with Gasteiger partial charge in [-0.15, -0.1) is 11.3 Å². The maximum Gasteiger partial charge on any atom is 0.187 e. The van der Waals surface area contributed by atoms with Crippen LogP contribution in [0, 0.1) is 0 Å². The van der Waals surface area contributed by atoms with E-state index in [1.165, 1.54) is 0 Å². The molecular formula is C9H13N3OS2. The van der Waals surface area contributed by atoms with E-state index < -0.39 is 0 Å². The van der Waals surface area contributed by atoms with E-state index in [1.807, 2.05) is 17.5 Å². The molecule has 0 saturated carbocycles. The van der Waals surface area contributed by atoms with Crippen molar-refractivity contribution in [1.82, 2.24) is 10.7 Å². The summed E-state index contributed by atoms with van der Waals surface area (Å²) in [6.45, 7) is 1.30. The molecule has 0 spiro atoms. The van der Waals surface area contributed by atoms with Crippen molar-refractivity contribution in [1.29, 1.82) is 0 Å². The Labute approximate surface area is 98.3 Å². The van der Waals surface area contributed by atoms with Crippen molar-refractivity contribution in [3.63, 3.8) is 0 Å². The van der Waals surface area contributed by atoms with Crippen LogP contribution in [0.5, 0.6) is 0 Å². The van der Waals surface area contributed by atoms with Gasteiger partial charge in [-0.25, -0.2) is 0 Å². The second kappa shape index (κ2) is 7.33. The molecule has 4 nitrogen and oxygen atoms in total. The molecule has 0 radical (unpaired) electrons. The van der Waals surface area contributed by atoms with E-state index in [4.69, 9.17) is 17.0 Å². The molecule has 6 heteroatoms. The molecule has 1 heterocycles. The molecule has 1 aromatic rings. The number of hydrogen-bond acceptors (Lipinski definition) is 4. The summed E-state index contributed by atoms with van der Waals surface area (Å²) in [6.07, 6.45) is 1.73. The summed E-state index contributed by atoms with van der Waals surface area (Å²) >= 11 is 6.60. The van der Waals surface area contributed by atoms with Gasteiger partial charge in [0, 0.05) is 18.5 Å². The van der Waals surface area contributed by atoms with Gasteiger partial charge in [0.25, 0.3) is 0 Å². The van der Waals surface area contributed by atoms with E-state index in [0.717, 1.165) is 4.88 Å². The molecule has 0 aliphatic carbocycles. The number of methoxy groups -OCH3 is 1. The summed E-state index contributed by atoms with van der Waals surface area (Å²) < 4.78 is 4.87. The summed E-state index contributed by atoms with van der Waals surface area (Å²) in [5, 5.41) is 9.43. The Morgan fingerprint density at radius 3 is 3.27 bits per heavy atom. The largest absolute Gasteiger partial charge is 0.383 e. The second-order valence-electron chi connectivity index (χ2n) is 2.63. The molecule has 1 aromatic heterocycles. The van der Waals surface area contributed by atoms with Crippen molar-refractivity contribution < 1.29 is 4.74 Å². The minimum Gasteiger partial charge on any atom is -0.383 e. The molecule has 0 aromatic carbocycles. The Bertz CT molecular complexity index is 311. The number of thiophene rings is 1. The lowest BCUT2D eigenvalue weighted by atomic mass is 10.5. The first-order valence-corrected chi connectivity index (χ1v) is 5.71. The molecule has 0 atom stereocenters. The quantitative estimate of drug-likeness (QED) is 0.353. The molecule has 0 unspecified atom stereocenters. The summed E-state index contributed by atoms with van der Waals surface area (Å²) in [4.78, 5) is 1.09. The van der Waals surface area contributed by atoms with E-state index in [-0.39, 0.29) is 0 Å². The summed E-state index contributed by atoms with van der Waals surface area (Å²) in [5.41, 5.74) is 2.72. The smallest absolute Gasteiger partial charge is 0.187 e. The first-order valence-electron chi connectivity index (χ1n) is 4.42. The van der Waals surface area contributed by atoms with Gasteiger partial charge in [0.2, 0.25) is 0 Å². The molecule has 82 valence electrons. The topological polar surface area (TPSA) is 45.6 Å². The number of hydrazone groups is 1. The van der Waals surface area contributed by atoms with Gasteiger partial charge < -0.3 is 10.1 Å². The second-order valence-corrected chi connectivity index (χ2v) is 4.02. The molecule has 0 aliphatic rings. The standard InChI is InChI=1S/C9H13N3OS2/c1-13-5-4-10-9(14)12-11-7-8-3-2-6-15-8/h2-3,6-7H,4-5H2,1H3,(H2,10,12,14)/b11-7+. The molecule has 15 heavy (non-hydrogen) atoms. The third-order valence-electron chi connectivity index (χ3n) is 1.49. The van der Waals surface area contributed by atoms with Crippen molar-refractivity contribution in [2.75, 3.05) is 20.3 Å². The number of rotatable bonds is 5. The van der Waals surface area contributed by atoms with Gasteiger partial charge in [0.1, 0.15) is 0 Å². The number of hydrogen-bond donors (Lipinski definition) is 2. The predicted molar refractivity (Wildman–Crippen MR) is 67.5 cm³/mol. The van der Waals surface area contributed by atoms with Gasteiger partial charge in [-0.05, 0) is 23.7 Å². The lowest BCUT2D eigenvalue weighted by Crippen LogP contribution is -2.34. The maximum atomic E-state index is 4.97. The fraction of sp³-hybridized carbons (Fsp3) is 0.333. The molecule has 0 aliphatic heterocycles. The highest BCUT2D eigenvalue weighted by Gasteiger charge is 1.91. The summed E-state index contributed by atoms with van der Waals surface area (Å²) in [7, 11) is 1.65. The van der Waals surface area contributed by atoms with Crippen LogP contribution < -0.4 is 10.7 Å². The zero-order valence-electron chi connectivity index (χ0n) is 8.40. The van der Waals surface area contributed by atoms with Crippen molar-refractivity contribution in [3.8, 4) is 0 Å². The minimum absolute atomic E-state index is 0.500. The normalized spacial score (nSPS) is 10.5. The van der Waals surface area contributed by atoms with Gasteiger partial charge in [0.05, 0.1) is 12.8 Å². The van der Waals surface area contributed by atoms with Crippen LogP contribution in [0.25, 0.3) is 0 Å². The third-order valence-corrected chi connectivity index (χ3v) is 2.54. The van der Waals surface area contributed by atoms with Crippen LogP contribution in [0.3, 0.4) is 0 Å². The fourth-order valence-corrected chi connectivity index (χ4v) is 1.57. The number of nitrogens with zero attached hydrogens (tertiary/aromatic N) is 1. The predicted octanol–water partition coefficient (Wildman–Crippen LogP) is 1.19. The molecule has 2 N–H and O–H groups in total. The van der Waals surface area contributed by atoms with Crippen molar-refractivity contribution in [2.24, 2.45) is 5.10 Å². The Morgan fingerprint density at radius 1 is 1.73 bits per heavy atom. The van der Waals surface area contributed by atoms with Gasteiger partial charge in [0.15, 0.2) is 5.11 Å². The average Bonchev–Trinajstić information content (AvgIpc) is 2.71. The molecule has 0 saturated heterocycles. The van der Waals surface area contributed by atoms with E-state index in [2.05, 4.69) is 15.8 Å². The van der Waals surface area contributed by atoms with Crippen LogP contribution in [0.4, 0.5) is 0 Å². The van der Waals surface area contributed by atoms with Crippen molar-refractivity contribution in [2.45, 2.75) is 0 Å². The Morgan fingerprint density at radius 2 is 2.60 bits per heavy atom. The zero-order valence-corrected chi connectivity index (χ0v) is 10.0. The number of thiocarbonyl (C=S) groups is 1. The monoisotopic (exact) mass is 243 g/mol.